The third-order valence-corrected chi connectivity index (χ3v) is 13.2. The second kappa shape index (κ2) is 19.7. The third-order valence-electron chi connectivity index (χ3n) is 10.8. The normalized spacial score (nSPS) is 15.7. The van der Waals surface area contributed by atoms with Gasteiger partial charge >= 0.3 is 0 Å². The van der Waals surface area contributed by atoms with E-state index < -0.39 is 26.5 Å². The maximum Gasteiger partial charge on any atom is 0.293 e. The number of rotatable bonds is 17. The Kier molecular flexibility index (Phi) is 14.0. The van der Waals surface area contributed by atoms with Crippen LogP contribution in [0.3, 0.4) is 0 Å². The van der Waals surface area contributed by atoms with E-state index in [1.54, 1.807) is 23.9 Å². The second-order valence-corrected chi connectivity index (χ2v) is 17.5. The molecule has 2 saturated heterocycles. The molecule has 0 saturated carbocycles. The van der Waals surface area contributed by atoms with Gasteiger partial charge in [0.1, 0.15) is 5.69 Å². The van der Waals surface area contributed by atoms with Gasteiger partial charge in [0.05, 0.1) is 35.2 Å². The van der Waals surface area contributed by atoms with Gasteiger partial charge in [-0.05, 0) is 78.1 Å². The lowest BCUT2D eigenvalue weighted by atomic mass is 9.82. The van der Waals surface area contributed by atoms with Crippen LogP contribution in [-0.2, 0) is 25.9 Å². The monoisotopic (exact) mass is 835 g/mol. The number of sulfonamides is 1. The first-order chi connectivity index (χ1) is 28.7. The Labute approximate surface area is 350 Å². The highest BCUT2D eigenvalue weighted by atomic mass is 32.2. The maximum atomic E-state index is 13.3. The molecular formula is C45H49N5O7S2. The lowest BCUT2D eigenvalue weighted by Crippen LogP contribution is -2.49. The summed E-state index contributed by atoms with van der Waals surface area (Å²) in [6, 6.07) is 39.1. The summed E-state index contributed by atoms with van der Waals surface area (Å²) in [6.07, 6.45) is 2.37. The number of carbonyl (C=O) groups excluding carboxylic acids is 1. The van der Waals surface area contributed by atoms with E-state index in [4.69, 9.17) is 9.47 Å². The summed E-state index contributed by atoms with van der Waals surface area (Å²) in [4.78, 5) is 29.8. The minimum absolute atomic E-state index is 0.149. The van der Waals surface area contributed by atoms with Crippen LogP contribution in [0.1, 0.15) is 28.8 Å². The van der Waals surface area contributed by atoms with Crippen molar-refractivity contribution in [2.45, 2.75) is 34.7 Å². The van der Waals surface area contributed by atoms with Gasteiger partial charge in [0.2, 0.25) is 0 Å². The molecule has 0 unspecified atom stereocenters. The fraction of sp³-hybridized carbons (Fsp3) is 0.311. The zero-order valence-corrected chi connectivity index (χ0v) is 34.5. The van der Waals surface area contributed by atoms with E-state index in [-0.39, 0.29) is 21.7 Å². The minimum atomic E-state index is -4.42. The number of nitro groups is 1. The second-order valence-electron chi connectivity index (χ2n) is 14.7. The van der Waals surface area contributed by atoms with Crippen molar-refractivity contribution >= 4 is 44.8 Å². The first-order valence-corrected chi connectivity index (χ1v) is 22.3. The number of nitro benzene ring substituents is 1. The Bertz CT molecular complexity index is 2280. The number of ether oxygens (including phenoxy) is 2. The highest BCUT2D eigenvalue weighted by Gasteiger charge is 2.37. The Morgan fingerprint density at radius 3 is 2.24 bits per heavy atom. The molecule has 1 amide bonds. The molecule has 2 aliphatic heterocycles. The number of piperidine rings is 1. The van der Waals surface area contributed by atoms with Gasteiger partial charge in [0.25, 0.3) is 21.6 Å². The summed E-state index contributed by atoms with van der Waals surface area (Å²) < 4.78 is 41.1. The fourth-order valence-corrected chi connectivity index (χ4v) is 9.38. The molecule has 2 fully saturated rings. The molecule has 2 aliphatic rings. The van der Waals surface area contributed by atoms with E-state index in [0.717, 1.165) is 81.8 Å². The molecule has 0 spiro atoms. The number of anilines is 2. The number of nitrogens with zero attached hydrogens (tertiary/aromatic N) is 3. The average Bonchev–Trinajstić information content (AvgIpc) is 3.26. The Morgan fingerprint density at radius 2 is 1.53 bits per heavy atom. The van der Waals surface area contributed by atoms with E-state index in [1.807, 2.05) is 48.5 Å². The van der Waals surface area contributed by atoms with Gasteiger partial charge in [0.15, 0.2) is 0 Å². The number of carbonyl (C=O) groups is 1. The summed E-state index contributed by atoms with van der Waals surface area (Å²) in [6.45, 7) is 6.67. The lowest BCUT2D eigenvalue weighted by molar-refractivity contribution is -0.384. The van der Waals surface area contributed by atoms with Crippen molar-refractivity contribution in [2.24, 2.45) is 0 Å². The van der Waals surface area contributed by atoms with Crippen molar-refractivity contribution in [2.75, 3.05) is 75.1 Å². The van der Waals surface area contributed by atoms with Gasteiger partial charge in [-0.15, -0.1) is 11.8 Å². The zero-order chi connectivity index (χ0) is 41.1. The number of hydrogen-bond donors (Lipinski definition) is 2. The molecule has 308 valence electrons. The van der Waals surface area contributed by atoms with Crippen molar-refractivity contribution in [3.8, 4) is 11.1 Å². The van der Waals surface area contributed by atoms with Crippen LogP contribution in [-0.4, -0.2) is 94.6 Å². The molecule has 59 heavy (non-hydrogen) atoms. The quantitative estimate of drug-likeness (QED) is 0.0416. The number of amides is 1. The molecule has 14 heteroatoms. The molecule has 0 bridgehead atoms. The SMILES string of the molecule is O=C(NS(=O)(=O)c1ccc(NCCSc2ccccc2)c([N+](=O)[O-])c1)c1ccc(N2CCC(Cc3ccccc3-c3ccccc3)(OCCN3CCOCC3)CC2)cc1. The van der Waals surface area contributed by atoms with Gasteiger partial charge in [-0.1, -0.05) is 72.8 Å². The van der Waals surface area contributed by atoms with Crippen LogP contribution in [0.15, 0.2) is 137 Å². The third kappa shape index (κ3) is 11.1. The lowest BCUT2D eigenvalue weighted by Gasteiger charge is -2.43. The standard InChI is InChI=1S/C45H49N5O7S2/c51-44(47-59(54,55)40-19-20-42(43(33-40)50(52)53)46-23-32-58-39-12-5-2-6-13-39)36-15-17-38(18-16-36)49-24-21-45(22-25-49,57-31-28-48-26-29-56-30-27-48)34-37-11-7-8-14-41(37)35-9-3-1-4-10-35/h1-20,33,46H,21-32,34H2,(H,47,51). The van der Waals surface area contributed by atoms with Crippen LogP contribution < -0.4 is 14.9 Å². The fourth-order valence-electron chi connectivity index (χ4n) is 7.60. The van der Waals surface area contributed by atoms with Gasteiger partial charge < -0.3 is 19.7 Å². The molecule has 0 aromatic heterocycles. The average molecular weight is 836 g/mol. The van der Waals surface area contributed by atoms with E-state index in [1.165, 1.54) is 28.8 Å². The number of hydrogen-bond acceptors (Lipinski definition) is 11. The van der Waals surface area contributed by atoms with Crippen molar-refractivity contribution in [1.29, 1.82) is 0 Å². The summed E-state index contributed by atoms with van der Waals surface area (Å²) in [5.74, 6) is -0.189. The highest BCUT2D eigenvalue weighted by molar-refractivity contribution is 7.99. The van der Waals surface area contributed by atoms with Crippen molar-refractivity contribution < 1.29 is 27.6 Å². The van der Waals surface area contributed by atoms with Crippen LogP contribution in [0.2, 0.25) is 0 Å². The summed E-state index contributed by atoms with van der Waals surface area (Å²) >= 11 is 1.59. The summed E-state index contributed by atoms with van der Waals surface area (Å²) in [5.41, 5.74) is 4.12. The predicted molar refractivity (Wildman–Crippen MR) is 233 cm³/mol. The molecule has 2 N–H and O–H groups in total. The molecule has 0 atom stereocenters. The highest BCUT2D eigenvalue weighted by Crippen LogP contribution is 2.36. The summed E-state index contributed by atoms with van der Waals surface area (Å²) in [7, 11) is -4.42. The molecular weight excluding hydrogens is 787 g/mol. The molecule has 7 rings (SSSR count). The zero-order valence-electron chi connectivity index (χ0n) is 32.8. The summed E-state index contributed by atoms with van der Waals surface area (Å²) in [5, 5.41) is 14.9. The van der Waals surface area contributed by atoms with Crippen molar-refractivity contribution in [3.63, 3.8) is 0 Å². The predicted octanol–water partition coefficient (Wildman–Crippen LogP) is 7.52. The molecule has 0 radical (unpaired) electrons. The van der Waals surface area contributed by atoms with E-state index in [9.17, 15) is 23.3 Å². The number of thioether (sulfide) groups is 1. The maximum absolute atomic E-state index is 13.3. The van der Waals surface area contributed by atoms with Crippen LogP contribution in [0, 0.1) is 10.1 Å². The van der Waals surface area contributed by atoms with Crippen LogP contribution in [0.4, 0.5) is 17.1 Å². The smallest absolute Gasteiger partial charge is 0.293 e. The Morgan fingerprint density at radius 1 is 0.847 bits per heavy atom. The Balaban J connectivity index is 0.980. The van der Waals surface area contributed by atoms with Crippen molar-refractivity contribution in [1.82, 2.24) is 9.62 Å². The van der Waals surface area contributed by atoms with Gasteiger partial charge in [-0.25, -0.2) is 13.1 Å². The van der Waals surface area contributed by atoms with Gasteiger partial charge in [-0.2, -0.15) is 0 Å². The van der Waals surface area contributed by atoms with Gasteiger partial charge in [-0.3, -0.25) is 19.8 Å². The molecule has 0 aliphatic carbocycles. The first-order valence-electron chi connectivity index (χ1n) is 19.9. The Hall–Kier alpha value is -5.25. The molecule has 12 nitrogen and oxygen atoms in total. The number of morpholine rings is 1. The van der Waals surface area contributed by atoms with Crippen LogP contribution >= 0.6 is 11.8 Å². The van der Waals surface area contributed by atoms with Gasteiger partial charge in [0, 0.05) is 73.7 Å². The van der Waals surface area contributed by atoms with Crippen molar-refractivity contribution in [3.05, 3.63) is 149 Å². The number of benzene rings is 5. The molecule has 5 aromatic carbocycles. The van der Waals surface area contributed by atoms with E-state index >= 15 is 0 Å². The molecule has 5 aromatic rings. The minimum Gasteiger partial charge on any atom is -0.379 e. The largest absolute Gasteiger partial charge is 0.379 e. The topological polar surface area (TPSA) is 143 Å². The van der Waals surface area contributed by atoms with E-state index in [0.29, 0.717) is 18.9 Å². The van der Waals surface area contributed by atoms with E-state index in [2.05, 4.69) is 68.4 Å². The van der Waals surface area contributed by atoms with Crippen LogP contribution in [0.5, 0.6) is 0 Å². The van der Waals surface area contributed by atoms with Crippen LogP contribution in [0.25, 0.3) is 11.1 Å². The molecule has 2 heterocycles. The first kappa shape index (κ1) is 41.9. The number of nitrogens with one attached hydrogen (secondary N) is 2.